The van der Waals surface area contributed by atoms with Gasteiger partial charge in [-0.15, -0.1) is 0 Å². The van der Waals surface area contributed by atoms with Crippen molar-refractivity contribution < 1.29 is 19.2 Å². The SMILES string of the molecule is O=C(Cl)C(=O)c1cccc(C(=O)C(=O)Cl)n1. The molecule has 82 valence electrons. The molecule has 5 nitrogen and oxygen atoms in total. The average Bonchev–Trinajstić information content (AvgIpc) is 2.26. The number of nitrogens with zero attached hydrogens (tertiary/aromatic N) is 1. The number of halogens is 2. The summed E-state index contributed by atoms with van der Waals surface area (Å²) in [7, 11) is 0. The minimum atomic E-state index is -1.23. The lowest BCUT2D eigenvalue weighted by atomic mass is 10.2. The second kappa shape index (κ2) is 4.96. The quantitative estimate of drug-likeness (QED) is 0.457. The lowest BCUT2D eigenvalue weighted by Crippen LogP contribution is -2.15. The van der Waals surface area contributed by atoms with Crippen molar-refractivity contribution in [2.45, 2.75) is 0 Å². The molecule has 0 fully saturated rings. The molecule has 1 heterocycles. The van der Waals surface area contributed by atoms with Crippen LogP contribution in [0.4, 0.5) is 0 Å². The van der Waals surface area contributed by atoms with E-state index in [1.165, 1.54) is 18.2 Å². The number of hydrogen-bond acceptors (Lipinski definition) is 5. The minimum absolute atomic E-state index is 0.316. The van der Waals surface area contributed by atoms with Crippen molar-refractivity contribution in [3.8, 4) is 0 Å². The van der Waals surface area contributed by atoms with Gasteiger partial charge in [0.25, 0.3) is 22.1 Å². The maximum atomic E-state index is 11.1. The summed E-state index contributed by atoms with van der Waals surface area (Å²) in [6.07, 6.45) is 0. The van der Waals surface area contributed by atoms with Crippen LogP contribution in [-0.2, 0) is 9.59 Å². The maximum Gasteiger partial charge on any atom is 0.294 e. The topological polar surface area (TPSA) is 81.2 Å². The number of rotatable bonds is 4. The zero-order valence-corrected chi connectivity index (χ0v) is 9.08. The first kappa shape index (κ1) is 12.5. The predicted octanol–water partition coefficient (Wildman–Crippen LogP) is 0.978. The molecule has 0 atom stereocenters. The van der Waals surface area contributed by atoms with Crippen LogP contribution in [0.15, 0.2) is 18.2 Å². The molecule has 0 aliphatic heterocycles. The van der Waals surface area contributed by atoms with Crippen molar-refractivity contribution in [2.75, 3.05) is 0 Å². The van der Waals surface area contributed by atoms with Gasteiger partial charge in [0.05, 0.1) is 0 Å². The summed E-state index contributed by atoms with van der Waals surface area (Å²) in [5, 5.41) is -2.46. The number of Topliss-reactive ketones (excluding diaryl/α,β-unsaturated/α-hetero) is 2. The lowest BCUT2D eigenvalue weighted by Gasteiger charge is -1.98. The van der Waals surface area contributed by atoms with Crippen LogP contribution in [0.1, 0.15) is 21.0 Å². The van der Waals surface area contributed by atoms with E-state index < -0.39 is 22.1 Å². The van der Waals surface area contributed by atoms with Crippen LogP contribution < -0.4 is 0 Å². The Morgan fingerprint density at radius 1 is 0.875 bits per heavy atom. The fourth-order valence-corrected chi connectivity index (χ4v) is 1.08. The molecule has 16 heavy (non-hydrogen) atoms. The summed E-state index contributed by atoms with van der Waals surface area (Å²) in [5.41, 5.74) is -0.632. The fourth-order valence-electron chi connectivity index (χ4n) is 0.889. The Balaban J connectivity index is 3.14. The summed E-state index contributed by atoms with van der Waals surface area (Å²) < 4.78 is 0. The van der Waals surface area contributed by atoms with Gasteiger partial charge >= 0.3 is 0 Å². The van der Waals surface area contributed by atoms with Crippen LogP contribution in [0.5, 0.6) is 0 Å². The first-order valence-corrected chi connectivity index (χ1v) is 4.64. The number of pyridine rings is 1. The lowest BCUT2D eigenvalue weighted by molar-refractivity contribution is -0.108. The second-order valence-corrected chi connectivity index (χ2v) is 3.30. The Morgan fingerprint density at radius 3 is 1.56 bits per heavy atom. The van der Waals surface area contributed by atoms with E-state index >= 15 is 0 Å². The third-order valence-corrected chi connectivity index (χ3v) is 1.91. The van der Waals surface area contributed by atoms with E-state index in [1.54, 1.807) is 0 Å². The smallest absolute Gasteiger partial charge is 0.282 e. The van der Waals surface area contributed by atoms with Gasteiger partial charge in [0.2, 0.25) is 0 Å². The highest BCUT2D eigenvalue weighted by molar-refractivity contribution is 6.83. The van der Waals surface area contributed by atoms with Gasteiger partial charge in [-0.3, -0.25) is 19.2 Å². The molecule has 1 rings (SSSR count). The monoisotopic (exact) mass is 259 g/mol. The first-order valence-electron chi connectivity index (χ1n) is 3.89. The summed E-state index contributed by atoms with van der Waals surface area (Å²) in [6, 6.07) is 3.67. The number of aromatic nitrogens is 1. The van der Waals surface area contributed by atoms with E-state index in [0.29, 0.717) is 0 Å². The summed E-state index contributed by atoms with van der Waals surface area (Å²) in [5.74, 6) is -2.11. The van der Waals surface area contributed by atoms with E-state index in [1.807, 2.05) is 0 Å². The average molecular weight is 260 g/mol. The number of ketones is 2. The van der Waals surface area contributed by atoms with Gasteiger partial charge in [-0.2, -0.15) is 0 Å². The molecule has 1 aromatic rings. The van der Waals surface area contributed by atoms with Crippen molar-refractivity contribution in [1.82, 2.24) is 4.98 Å². The van der Waals surface area contributed by atoms with E-state index in [2.05, 4.69) is 4.98 Å². The van der Waals surface area contributed by atoms with Gasteiger partial charge < -0.3 is 0 Å². The molecule has 0 aromatic carbocycles. The molecule has 1 aromatic heterocycles. The highest BCUT2D eigenvalue weighted by Crippen LogP contribution is 2.05. The van der Waals surface area contributed by atoms with Crippen molar-refractivity contribution in [2.24, 2.45) is 0 Å². The molecule has 0 aliphatic rings. The highest BCUT2D eigenvalue weighted by Gasteiger charge is 2.19. The molecule has 0 bridgehead atoms. The van der Waals surface area contributed by atoms with Crippen molar-refractivity contribution in [3.63, 3.8) is 0 Å². The van der Waals surface area contributed by atoms with Crippen LogP contribution in [0.3, 0.4) is 0 Å². The zero-order valence-electron chi connectivity index (χ0n) is 7.57. The van der Waals surface area contributed by atoms with Crippen molar-refractivity contribution in [1.29, 1.82) is 0 Å². The fraction of sp³-hybridized carbons (Fsp3) is 0. The highest BCUT2D eigenvalue weighted by atomic mass is 35.5. The van der Waals surface area contributed by atoms with Crippen molar-refractivity contribution >= 4 is 45.3 Å². The van der Waals surface area contributed by atoms with Gasteiger partial charge in [0.15, 0.2) is 0 Å². The van der Waals surface area contributed by atoms with Crippen molar-refractivity contribution in [3.05, 3.63) is 29.6 Å². The Bertz CT molecular complexity index is 457. The van der Waals surface area contributed by atoms with Gasteiger partial charge in [-0.05, 0) is 35.3 Å². The summed E-state index contributed by atoms with van der Waals surface area (Å²) in [4.78, 5) is 46.9. The van der Waals surface area contributed by atoms with Crippen LogP contribution in [-0.4, -0.2) is 27.0 Å². The predicted molar refractivity (Wildman–Crippen MR) is 54.6 cm³/mol. The van der Waals surface area contributed by atoms with E-state index in [0.717, 1.165) is 0 Å². The maximum absolute atomic E-state index is 11.1. The minimum Gasteiger partial charge on any atom is -0.282 e. The molecular formula is C9H3Cl2NO4. The molecule has 0 radical (unpaired) electrons. The van der Waals surface area contributed by atoms with Crippen LogP contribution in [0.25, 0.3) is 0 Å². The molecule has 0 aliphatic carbocycles. The first-order chi connectivity index (χ1) is 7.43. The zero-order chi connectivity index (χ0) is 12.3. The van der Waals surface area contributed by atoms with E-state index in [-0.39, 0.29) is 11.4 Å². The third kappa shape index (κ3) is 2.71. The Morgan fingerprint density at radius 2 is 1.25 bits per heavy atom. The molecule has 0 saturated carbocycles. The van der Waals surface area contributed by atoms with Gasteiger partial charge in [0, 0.05) is 0 Å². The van der Waals surface area contributed by atoms with Gasteiger partial charge in [-0.1, -0.05) is 6.07 Å². The number of hydrogen-bond donors (Lipinski definition) is 0. The molecule has 0 N–H and O–H groups in total. The van der Waals surface area contributed by atoms with E-state index in [4.69, 9.17) is 23.2 Å². The normalized spacial score (nSPS) is 9.62. The second-order valence-electron chi connectivity index (χ2n) is 2.61. The van der Waals surface area contributed by atoms with Gasteiger partial charge in [0.1, 0.15) is 11.4 Å². The Labute approximate surface area is 99.4 Å². The number of carbonyl (C=O) groups excluding carboxylic acids is 4. The summed E-state index contributed by atoms with van der Waals surface area (Å²) >= 11 is 9.90. The van der Waals surface area contributed by atoms with E-state index in [9.17, 15) is 19.2 Å². The third-order valence-electron chi connectivity index (χ3n) is 1.57. The molecule has 7 heteroatoms. The molecule has 0 spiro atoms. The van der Waals surface area contributed by atoms with Crippen LogP contribution in [0.2, 0.25) is 0 Å². The largest absolute Gasteiger partial charge is 0.294 e. The van der Waals surface area contributed by atoms with Crippen LogP contribution in [0, 0.1) is 0 Å². The number of carbonyl (C=O) groups is 4. The molecule has 0 saturated heterocycles. The Hall–Kier alpha value is -1.59. The van der Waals surface area contributed by atoms with Gasteiger partial charge in [-0.25, -0.2) is 4.98 Å². The molecule has 0 amide bonds. The molecule has 0 unspecified atom stereocenters. The molecular weight excluding hydrogens is 257 g/mol. The Kier molecular flexibility index (Phi) is 3.87. The van der Waals surface area contributed by atoms with Crippen LogP contribution >= 0.6 is 23.2 Å². The summed E-state index contributed by atoms with van der Waals surface area (Å²) in [6.45, 7) is 0. The standard InChI is InChI=1S/C9H3Cl2NO4/c10-8(15)6(13)4-2-1-3-5(12-4)7(14)9(11)16/h1-3H.